The number of phenols is 1. The van der Waals surface area contributed by atoms with Crippen molar-refractivity contribution in [3.8, 4) is 5.75 Å². The lowest BCUT2D eigenvalue weighted by Crippen LogP contribution is -1.89. The van der Waals surface area contributed by atoms with Gasteiger partial charge >= 0.3 is 0 Å². The monoisotopic (exact) mass is 192 g/mol. The first-order valence-electron chi connectivity index (χ1n) is 5.51. The van der Waals surface area contributed by atoms with Crippen molar-refractivity contribution in [1.82, 2.24) is 0 Å². The molecule has 1 N–H and O–H groups in total. The van der Waals surface area contributed by atoms with Gasteiger partial charge in [-0.25, -0.2) is 0 Å². The molecule has 0 aliphatic heterocycles. The summed E-state index contributed by atoms with van der Waals surface area (Å²) in [5, 5.41) is 9.79. The van der Waals surface area contributed by atoms with E-state index in [-0.39, 0.29) is 0 Å². The zero-order chi connectivity index (χ0) is 10.7. The summed E-state index contributed by atoms with van der Waals surface area (Å²) < 4.78 is 0. The van der Waals surface area contributed by atoms with Gasteiger partial charge < -0.3 is 5.11 Å². The normalized spacial score (nSPS) is 18.4. The third-order valence-corrected chi connectivity index (χ3v) is 2.85. The van der Waals surface area contributed by atoms with Crippen molar-refractivity contribution in [3.05, 3.63) is 28.8 Å². The summed E-state index contributed by atoms with van der Waals surface area (Å²) >= 11 is 0. The molecule has 1 aromatic rings. The molecule has 1 heteroatoms. The van der Waals surface area contributed by atoms with Crippen molar-refractivity contribution >= 4 is 0 Å². The predicted octanol–water partition coefficient (Wildman–Crippen LogP) is 3.78. The second-order valence-electron chi connectivity index (χ2n) is 3.74. The molecule has 0 aromatic heterocycles. The Morgan fingerprint density at radius 1 is 1.29 bits per heavy atom. The van der Waals surface area contributed by atoms with Crippen LogP contribution in [-0.4, -0.2) is 5.11 Å². The SMILES string of the molecule is CC.Cc1ccc2c(c1O)C(C)CC2. The van der Waals surface area contributed by atoms with Gasteiger partial charge in [0.2, 0.25) is 0 Å². The lowest BCUT2D eigenvalue weighted by atomic mass is 10.00. The Morgan fingerprint density at radius 3 is 2.57 bits per heavy atom. The van der Waals surface area contributed by atoms with Gasteiger partial charge in [-0.3, -0.25) is 0 Å². The summed E-state index contributed by atoms with van der Waals surface area (Å²) in [6.07, 6.45) is 2.32. The molecule has 0 saturated carbocycles. The third-order valence-electron chi connectivity index (χ3n) is 2.85. The average molecular weight is 192 g/mol. The van der Waals surface area contributed by atoms with E-state index in [0.717, 1.165) is 12.0 Å². The Morgan fingerprint density at radius 2 is 1.93 bits per heavy atom. The number of hydrogen-bond donors (Lipinski definition) is 1. The van der Waals surface area contributed by atoms with Crippen molar-refractivity contribution in [2.24, 2.45) is 0 Å². The highest BCUT2D eigenvalue weighted by molar-refractivity contribution is 5.49. The minimum Gasteiger partial charge on any atom is -0.507 e. The van der Waals surface area contributed by atoms with Gasteiger partial charge in [-0.05, 0) is 36.8 Å². The zero-order valence-electron chi connectivity index (χ0n) is 9.59. The lowest BCUT2D eigenvalue weighted by molar-refractivity contribution is 0.460. The van der Waals surface area contributed by atoms with E-state index < -0.39 is 0 Å². The number of hydrogen-bond acceptors (Lipinski definition) is 1. The van der Waals surface area contributed by atoms with Crippen molar-refractivity contribution < 1.29 is 5.11 Å². The Labute approximate surface area is 86.8 Å². The molecule has 1 aliphatic carbocycles. The van der Waals surface area contributed by atoms with Crippen LogP contribution in [0.5, 0.6) is 5.75 Å². The third kappa shape index (κ3) is 1.77. The maximum Gasteiger partial charge on any atom is 0.122 e. The van der Waals surface area contributed by atoms with E-state index in [1.54, 1.807) is 0 Å². The van der Waals surface area contributed by atoms with Crippen LogP contribution in [0, 0.1) is 6.92 Å². The molecule has 1 atom stereocenters. The Hall–Kier alpha value is -0.980. The average Bonchev–Trinajstić information content (AvgIpc) is 2.58. The Balaban J connectivity index is 0.000000461. The molecule has 2 rings (SSSR count). The van der Waals surface area contributed by atoms with Crippen molar-refractivity contribution in [1.29, 1.82) is 0 Å². The maximum atomic E-state index is 9.79. The summed E-state index contributed by atoms with van der Waals surface area (Å²) in [5.74, 6) is 1.07. The molecule has 1 unspecified atom stereocenters. The van der Waals surface area contributed by atoms with Gasteiger partial charge in [0.05, 0.1) is 0 Å². The van der Waals surface area contributed by atoms with E-state index in [1.807, 2.05) is 26.8 Å². The molecule has 1 nitrogen and oxygen atoms in total. The molecule has 78 valence electrons. The van der Waals surface area contributed by atoms with Crippen LogP contribution in [0.25, 0.3) is 0 Å². The minimum atomic E-state index is 0.525. The smallest absolute Gasteiger partial charge is 0.122 e. The van der Waals surface area contributed by atoms with Gasteiger partial charge in [0.25, 0.3) is 0 Å². The van der Waals surface area contributed by atoms with Crippen LogP contribution in [-0.2, 0) is 6.42 Å². The molecule has 0 spiro atoms. The fraction of sp³-hybridized carbons (Fsp3) is 0.538. The molecule has 0 heterocycles. The lowest BCUT2D eigenvalue weighted by Gasteiger charge is -2.09. The first kappa shape index (κ1) is 11.1. The molecule has 0 saturated heterocycles. The first-order valence-corrected chi connectivity index (χ1v) is 5.51. The molecule has 0 amide bonds. The van der Waals surface area contributed by atoms with Gasteiger partial charge in [-0.2, -0.15) is 0 Å². The minimum absolute atomic E-state index is 0.525. The van der Waals surface area contributed by atoms with Crippen molar-refractivity contribution in [2.45, 2.75) is 46.5 Å². The van der Waals surface area contributed by atoms with Crippen LogP contribution >= 0.6 is 0 Å². The van der Waals surface area contributed by atoms with Crippen LogP contribution < -0.4 is 0 Å². The number of rotatable bonds is 0. The molecule has 0 radical (unpaired) electrons. The number of fused-ring (bicyclic) bond motifs is 1. The quantitative estimate of drug-likeness (QED) is 0.663. The molecule has 0 fully saturated rings. The van der Waals surface area contributed by atoms with Gasteiger partial charge in [-0.1, -0.05) is 32.9 Å². The predicted molar refractivity (Wildman–Crippen MR) is 60.9 cm³/mol. The van der Waals surface area contributed by atoms with E-state index >= 15 is 0 Å². The summed E-state index contributed by atoms with van der Waals surface area (Å²) in [6, 6.07) is 4.15. The highest BCUT2D eigenvalue weighted by Crippen LogP contribution is 2.39. The largest absolute Gasteiger partial charge is 0.507 e. The first-order chi connectivity index (χ1) is 6.70. The summed E-state index contributed by atoms with van der Waals surface area (Å²) in [4.78, 5) is 0. The van der Waals surface area contributed by atoms with Gasteiger partial charge in [0, 0.05) is 5.56 Å². The van der Waals surface area contributed by atoms with E-state index in [0.29, 0.717) is 11.7 Å². The van der Waals surface area contributed by atoms with Crippen molar-refractivity contribution in [2.75, 3.05) is 0 Å². The van der Waals surface area contributed by atoms with Crippen LogP contribution in [0.15, 0.2) is 12.1 Å². The van der Waals surface area contributed by atoms with Gasteiger partial charge in [0.1, 0.15) is 5.75 Å². The fourth-order valence-electron chi connectivity index (χ4n) is 2.04. The Bertz CT molecular complexity index is 315. The van der Waals surface area contributed by atoms with Crippen LogP contribution in [0.2, 0.25) is 0 Å². The van der Waals surface area contributed by atoms with E-state index in [9.17, 15) is 5.11 Å². The molecule has 1 aromatic carbocycles. The highest BCUT2D eigenvalue weighted by atomic mass is 16.3. The zero-order valence-corrected chi connectivity index (χ0v) is 9.59. The number of aryl methyl sites for hydroxylation is 2. The summed E-state index contributed by atoms with van der Waals surface area (Å²) in [7, 11) is 0. The van der Waals surface area contributed by atoms with Crippen LogP contribution in [0.3, 0.4) is 0 Å². The molecule has 0 bridgehead atoms. The van der Waals surface area contributed by atoms with Gasteiger partial charge in [-0.15, -0.1) is 0 Å². The Kier molecular flexibility index (Phi) is 3.56. The standard InChI is InChI=1S/C11H14O.C2H6/c1-7-3-5-9-6-4-8(2)11(12)10(7)9;1-2/h4,6-7,12H,3,5H2,1-2H3;1-2H3. The molecule has 14 heavy (non-hydrogen) atoms. The second kappa shape index (κ2) is 4.50. The van der Waals surface area contributed by atoms with Crippen molar-refractivity contribution in [3.63, 3.8) is 0 Å². The van der Waals surface area contributed by atoms with Crippen LogP contribution in [0.4, 0.5) is 0 Å². The summed E-state index contributed by atoms with van der Waals surface area (Å²) in [5.41, 5.74) is 3.53. The second-order valence-corrected chi connectivity index (χ2v) is 3.74. The van der Waals surface area contributed by atoms with Gasteiger partial charge in [0.15, 0.2) is 0 Å². The number of aromatic hydroxyl groups is 1. The fourth-order valence-corrected chi connectivity index (χ4v) is 2.04. The molecular formula is C13H20O. The molecule has 1 aliphatic rings. The maximum absolute atomic E-state index is 9.79. The van der Waals surface area contributed by atoms with E-state index in [1.165, 1.54) is 17.5 Å². The van der Waals surface area contributed by atoms with E-state index in [2.05, 4.69) is 13.0 Å². The number of phenolic OH excluding ortho intramolecular Hbond substituents is 1. The van der Waals surface area contributed by atoms with Crippen LogP contribution in [0.1, 0.15) is 49.8 Å². The molecular weight excluding hydrogens is 172 g/mol. The van der Waals surface area contributed by atoms with E-state index in [4.69, 9.17) is 0 Å². The number of benzene rings is 1. The summed E-state index contributed by atoms with van der Waals surface area (Å²) in [6.45, 7) is 8.14. The topological polar surface area (TPSA) is 20.2 Å². The highest BCUT2D eigenvalue weighted by Gasteiger charge is 2.22.